The molecule has 0 fully saturated rings. The average Bonchev–Trinajstić information content (AvgIpc) is 2.67. The third-order valence-corrected chi connectivity index (χ3v) is 6.18. The molecule has 0 aliphatic rings. The summed E-state index contributed by atoms with van der Waals surface area (Å²) >= 11 is 0. The normalized spacial score (nSPS) is 12.4. The van der Waals surface area contributed by atoms with E-state index < -0.39 is 15.1 Å². The lowest BCUT2D eigenvalue weighted by molar-refractivity contribution is -0.121. The summed E-state index contributed by atoms with van der Waals surface area (Å²) in [7, 11) is -2.18. The quantitative estimate of drug-likeness (QED) is 0.727. The van der Waals surface area contributed by atoms with E-state index in [0.717, 1.165) is 12.8 Å². The number of hydrogen-bond donors (Lipinski definition) is 1. The van der Waals surface area contributed by atoms with Crippen LogP contribution in [0.4, 0.5) is 0 Å². The molecular formula is C19H24N2O4S. The largest absolute Gasteiger partial charge is 0.497 e. The zero-order chi connectivity index (χ0) is 19.0. The van der Waals surface area contributed by atoms with Crippen molar-refractivity contribution in [3.05, 3.63) is 54.4 Å². The molecule has 0 saturated heterocycles. The molecular weight excluding hydrogens is 352 g/mol. The second kappa shape index (κ2) is 9.33. The Morgan fingerprint density at radius 1 is 1.23 bits per heavy atom. The molecule has 140 valence electrons. The Balaban J connectivity index is 2.28. The van der Waals surface area contributed by atoms with Gasteiger partial charge in [0.25, 0.3) is 0 Å². The van der Waals surface area contributed by atoms with Crippen LogP contribution in [0.3, 0.4) is 0 Å². The van der Waals surface area contributed by atoms with E-state index in [2.05, 4.69) is 10.3 Å². The first kappa shape index (κ1) is 19.9. The lowest BCUT2D eigenvalue weighted by atomic mass is 10.2. The fraction of sp³-hybridized carbons (Fsp3) is 0.368. The fourth-order valence-corrected chi connectivity index (χ4v) is 4.18. The van der Waals surface area contributed by atoms with Gasteiger partial charge in [0.2, 0.25) is 5.91 Å². The number of ether oxygens (including phenoxy) is 1. The molecule has 0 saturated carbocycles. The van der Waals surface area contributed by atoms with Crippen molar-refractivity contribution >= 4 is 15.7 Å². The van der Waals surface area contributed by atoms with Crippen LogP contribution in [0.1, 0.15) is 37.0 Å². The number of benzene rings is 1. The number of amides is 1. The molecule has 1 atom stereocenters. The number of nitrogens with one attached hydrogen (secondary N) is 1. The Morgan fingerprint density at radius 3 is 2.54 bits per heavy atom. The van der Waals surface area contributed by atoms with Gasteiger partial charge in [0, 0.05) is 25.4 Å². The summed E-state index contributed by atoms with van der Waals surface area (Å²) in [4.78, 5) is 16.1. The lowest BCUT2D eigenvalue weighted by Gasteiger charge is -2.19. The van der Waals surface area contributed by atoms with Crippen molar-refractivity contribution in [1.82, 2.24) is 10.3 Å². The highest BCUT2D eigenvalue weighted by atomic mass is 32.2. The molecule has 1 aromatic carbocycles. The first-order valence-electron chi connectivity index (χ1n) is 8.53. The van der Waals surface area contributed by atoms with Gasteiger partial charge in [-0.25, -0.2) is 8.42 Å². The van der Waals surface area contributed by atoms with Gasteiger partial charge in [-0.05, 0) is 42.3 Å². The highest BCUT2D eigenvalue weighted by molar-refractivity contribution is 7.91. The molecule has 26 heavy (non-hydrogen) atoms. The van der Waals surface area contributed by atoms with Gasteiger partial charge in [-0.2, -0.15) is 0 Å². The number of carbonyl (C=O) groups is 1. The van der Waals surface area contributed by atoms with Crippen LogP contribution >= 0.6 is 0 Å². The monoisotopic (exact) mass is 376 g/mol. The van der Waals surface area contributed by atoms with E-state index in [1.54, 1.807) is 30.5 Å². The van der Waals surface area contributed by atoms with Gasteiger partial charge in [-0.1, -0.05) is 19.4 Å². The van der Waals surface area contributed by atoms with Crippen molar-refractivity contribution in [1.29, 1.82) is 0 Å². The van der Waals surface area contributed by atoms with Crippen LogP contribution in [-0.2, 0) is 14.6 Å². The summed E-state index contributed by atoms with van der Waals surface area (Å²) in [6.45, 7) is 2.00. The molecule has 2 aromatic rings. The summed E-state index contributed by atoms with van der Waals surface area (Å²) in [6.07, 6.45) is 5.17. The molecule has 1 heterocycles. The standard InChI is InChI=1S/C19H24N2O4S/c1-3-4-7-19(22)21-14-18(15-6-5-12-20-13-15)26(23,24)17-10-8-16(25-2)9-11-17/h5-6,8-13,18H,3-4,7,14H2,1-2H3,(H,21,22)/t18-/m0/s1. The Bertz CT molecular complexity index is 805. The molecule has 0 spiro atoms. The predicted molar refractivity (Wildman–Crippen MR) is 99.7 cm³/mol. The molecule has 0 bridgehead atoms. The van der Waals surface area contributed by atoms with Crippen molar-refractivity contribution in [3.63, 3.8) is 0 Å². The van der Waals surface area contributed by atoms with Crippen LogP contribution in [0, 0.1) is 0 Å². The highest BCUT2D eigenvalue weighted by Gasteiger charge is 2.29. The number of rotatable bonds is 9. The number of hydrogen-bond acceptors (Lipinski definition) is 5. The number of methoxy groups -OCH3 is 1. The molecule has 2 rings (SSSR count). The van der Waals surface area contributed by atoms with Gasteiger partial charge in [-0.15, -0.1) is 0 Å². The maximum Gasteiger partial charge on any atom is 0.220 e. The first-order chi connectivity index (χ1) is 12.5. The maximum absolute atomic E-state index is 13.1. The Labute approximate surface area is 154 Å². The number of carbonyl (C=O) groups excluding carboxylic acids is 1. The Morgan fingerprint density at radius 2 is 1.96 bits per heavy atom. The van der Waals surface area contributed by atoms with Crippen molar-refractivity contribution < 1.29 is 17.9 Å². The summed E-state index contributed by atoms with van der Waals surface area (Å²) in [6, 6.07) is 9.62. The molecule has 1 N–H and O–H groups in total. The van der Waals surface area contributed by atoms with Gasteiger partial charge >= 0.3 is 0 Å². The fourth-order valence-electron chi connectivity index (χ4n) is 2.54. The molecule has 0 aliphatic heterocycles. The number of nitrogens with zero attached hydrogens (tertiary/aromatic N) is 1. The smallest absolute Gasteiger partial charge is 0.220 e. The van der Waals surface area contributed by atoms with E-state index in [0.29, 0.717) is 17.7 Å². The Hall–Kier alpha value is -2.41. The molecule has 6 nitrogen and oxygen atoms in total. The summed E-state index contributed by atoms with van der Waals surface area (Å²) < 4.78 is 31.4. The van der Waals surface area contributed by atoms with Crippen LogP contribution in [-0.4, -0.2) is 33.0 Å². The number of aromatic nitrogens is 1. The zero-order valence-electron chi connectivity index (χ0n) is 15.0. The minimum Gasteiger partial charge on any atom is -0.497 e. The van der Waals surface area contributed by atoms with Gasteiger partial charge in [-0.3, -0.25) is 9.78 Å². The molecule has 0 unspecified atom stereocenters. The third-order valence-electron chi connectivity index (χ3n) is 4.06. The second-order valence-electron chi connectivity index (χ2n) is 5.90. The first-order valence-corrected chi connectivity index (χ1v) is 10.1. The zero-order valence-corrected chi connectivity index (χ0v) is 15.8. The van der Waals surface area contributed by atoms with Crippen LogP contribution in [0.25, 0.3) is 0 Å². The van der Waals surface area contributed by atoms with Crippen molar-refractivity contribution in [2.45, 2.75) is 36.3 Å². The van der Waals surface area contributed by atoms with Crippen molar-refractivity contribution in [2.24, 2.45) is 0 Å². The second-order valence-corrected chi connectivity index (χ2v) is 8.03. The minimum atomic E-state index is -3.71. The van der Waals surface area contributed by atoms with E-state index in [9.17, 15) is 13.2 Å². The van der Waals surface area contributed by atoms with Crippen molar-refractivity contribution in [3.8, 4) is 5.75 Å². The minimum absolute atomic E-state index is 0.00258. The average molecular weight is 376 g/mol. The lowest BCUT2D eigenvalue weighted by Crippen LogP contribution is -2.31. The van der Waals surface area contributed by atoms with E-state index in [1.165, 1.54) is 25.4 Å². The molecule has 1 aromatic heterocycles. The van der Waals surface area contributed by atoms with Crippen LogP contribution in [0.5, 0.6) is 5.75 Å². The summed E-state index contributed by atoms with van der Waals surface area (Å²) in [5.74, 6) is 0.431. The third kappa shape index (κ3) is 5.05. The van der Waals surface area contributed by atoms with Crippen LogP contribution in [0.15, 0.2) is 53.7 Å². The van der Waals surface area contributed by atoms with Gasteiger partial charge in [0.15, 0.2) is 9.84 Å². The van der Waals surface area contributed by atoms with E-state index in [-0.39, 0.29) is 17.3 Å². The van der Waals surface area contributed by atoms with E-state index in [4.69, 9.17) is 4.74 Å². The van der Waals surface area contributed by atoms with Crippen LogP contribution < -0.4 is 10.1 Å². The number of sulfone groups is 1. The van der Waals surface area contributed by atoms with E-state index in [1.807, 2.05) is 6.92 Å². The van der Waals surface area contributed by atoms with Gasteiger partial charge < -0.3 is 10.1 Å². The van der Waals surface area contributed by atoms with Gasteiger partial charge in [0.05, 0.1) is 12.0 Å². The number of unbranched alkanes of at least 4 members (excludes halogenated alkanes) is 1. The van der Waals surface area contributed by atoms with Crippen molar-refractivity contribution in [2.75, 3.05) is 13.7 Å². The van der Waals surface area contributed by atoms with Crippen LogP contribution in [0.2, 0.25) is 0 Å². The number of pyridine rings is 1. The predicted octanol–water partition coefficient (Wildman–Crippen LogP) is 2.91. The molecule has 1 amide bonds. The highest BCUT2D eigenvalue weighted by Crippen LogP contribution is 2.29. The SMILES string of the molecule is CCCCC(=O)NC[C@@H](c1cccnc1)S(=O)(=O)c1ccc(OC)cc1. The molecule has 7 heteroatoms. The molecule has 0 aliphatic carbocycles. The van der Waals surface area contributed by atoms with E-state index >= 15 is 0 Å². The molecule has 0 radical (unpaired) electrons. The summed E-state index contributed by atoms with van der Waals surface area (Å²) in [5.41, 5.74) is 0.541. The summed E-state index contributed by atoms with van der Waals surface area (Å²) in [5, 5.41) is 1.84. The van der Waals surface area contributed by atoms with Gasteiger partial charge in [0.1, 0.15) is 11.0 Å². The Kier molecular flexibility index (Phi) is 7.15. The topological polar surface area (TPSA) is 85.4 Å². The maximum atomic E-state index is 13.1.